The fourth-order valence-electron chi connectivity index (χ4n) is 2.34. The van der Waals surface area contributed by atoms with Crippen molar-refractivity contribution in [3.05, 3.63) is 28.8 Å². The summed E-state index contributed by atoms with van der Waals surface area (Å²) in [6.45, 7) is 2.38. The fourth-order valence-corrected chi connectivity index (χ4v) is 3.94. The Morgan fingerprint density at radius 3 is 2.84 bits per heavy atom. The van der Waals surface area contributed by atoms with Gasteiger partial charge in [0.15, 0.2) is 0 Å². The van der Waals surface area contributed by atoms with Gasteiger partial charge >= 0.3 is 0 Å². The zero-order valence-corrected chi connectivity index (χ0v) is 13.0. The molecule has 0 atom stereocenters. The number of hydrogen-bond acceptors (Lipinski definition) is 3. The molecule has 1 saturated carbocycles. The van der Waals surface area contributed by atoms with Gasteiger partial charge in [-0.1, -0.05) is 30.5 Å². The van der Waals surface area contributed by atoms with E-state index in [0.717, 1.165) is 35.5 Å². The van der Waals surface area contributed by atoms with Crippen LogP contribution in [0, 0.1) is 0 Å². The third kappa shape index (κ3) is 4.99. The molecule has 0 aliphatic heterocycles. The summed E-state index contributed by atoms with van der Waals surface area (Å²) in [5.74, 6) is 0. The predicted molar refractivity (Wildman–Crippen MR) is 83.1 cm³/mol. The second-order valence-electron chi connectivity index (χ2n) is 4.95. The van der Waals surface area contributed by atoms with Gasteiger partial charge in [0.2, 0.25) is 0 Å². The van der Waals surface area contributed by atoms with Gasteiger partial charge in [-0.15, -0.1) is 11.8 Å². The number of nitrogens with one attached hydrogen (secondary N) is 1. The predicted octanol–water partition coefficient (Wildman–Crippen LogP) is 4.11. The first-order valence-electron chi connectivity index (χ1n) is 6.94. The monoisotopic (exact) mass is 299 g/mol. The van der Waals surface area contributed by atoms with Gasteiger partial charge in [-0.3, -0.25) is 0 Å². The average molecular weight is 300 g/mol. The molecule has 1 aliphatic rings. The summed E-state index contributed by atoms with van der Waals surface area (Å²) in [6, 6.07) is 6.44. The van der Waals surface area contributed by atoms with Crippen molar-refractivity contribution < 1.29 is 4.74 Å². The number of benzene rings is 1. The van der Waals surface area contributed by atoms with Gasteiger partial charge in [-0.25, -0.2) is 0 Å². The summed E-state index contributed by atoms with van der Waals surface area (Å²) in [5, 5.41) is 4.98. The minimum Gasteiger partial charge on any atom is -0.383 e. The number of halogens is 1. The maximum atomic E-state index is 6.34. The summed E-state index contributed by atoms with van der Waals surface area (Å²) < 4.78 is 5.00. The van der Waals surface area contributed by atoms with E-state index in [4.69, 9.17) is 16.3 Å². The standard InChI is InChI=1S/C15H22ClNOS/c1-18-9-8-17-11-12-6-7-14(10-15(12)16)19-13-4-2-3-5-13/h6-7,10,13,17H,2-5,8-9,11H2,1H3. The van der Waals surface area contributed by atoms with Gasteiger partial charge in [0.1, 0.15) is 0 Å². The summed E-state index contributed by atoms with van der Waals surface area (Å²) in [4.78, 5) is 1.30. The van der Waals surface area contributed by atoms with Crippen LogP contribution in [0.2, 0.25) is 5.02 Å². The van der Waals surface area contributed by atoms with E-state index < -0.39 is 0 Å². The lowest BCUT2D eigenvalue weighted by molar-refractivity contribution is 0.199. The molecule has 0 bridgehead atoms. The lowest BCUT2D eigenvalue weighted by atomic mass is 10.2. The quantitative estimate of drug-likeness (QED) is 0.766. The molecule has 0 aromatic heterocycles. The molecule has 106 valence electrons. The second kappa shape index (κ2) is 8.15. The largest absolute Gasteiger partial charge is 0.383 e. The van der Waals surface area contributed by atoms with E-state index in [1.807, 2.05) is 11.8 Å². The van der Waals surface area contributed by atoms with Crippen LogP contribution in [0.15, 0.2) is 23.1 Å². The van der Waals surface area contributed by atoms with Crippen molar-refractivity contribution in [3.63, 3.8) is 0 Å². The lowest BCUT2D eigenvalue weighted by Crippen LogP contribution is -2.18. The molecule has 0 heterocycles. The topological polar surface area (TPSA) is 21.3 Å². The molecule has 1 aliphatic carbocycles. The third-order valence-corrected chi connectivity index (χ3v) is 5.11. The molecular weight excluding hydrogens is 278 g/mol. The van der Waals surface area contributed by atoms with Crippen LogP contribution in [0.4, 0.5) is 0 Å². The van der Waals surface area contributed by atoms with Crippen LogP contribution in [-0.2, 0) is 11.3 Å². The zero-order chi connectivity index (χ0) is 13.5. The van der Waals surface area contributed by atoms with Crippen molar-refractivity contribution in [1.29, 1.82) is 0 Å². The highest BCUT2D eigenvalue weighted by Gasteiger charge is 2.16. The number of thioether (sulfide) groups is 1. The Labute approximate surface area is 125 Å². The second-order valence-corrected chi connectivity index (χ2v) is 6.73. The normalized spacial score (nSPS) is 16.1. The van der Waals surface area contributed by atoms with Gasteiger partial charge in [-0.2, -0.15) is 0 Å². The van der Waals surface area contributed by atoms with Gasteiger partial charge in [0, 0.05) is 35.4 Å². The molecule has 1 aromatic carbocycles. The SMILES string of the molecule is COCCNCc1ccc(SC2CCCC2)cc1Cl. The lowest BCUT2D eigenvalue weighted by Gasteiger charge is -2.11. The Morgan fingerprint density at radius 2 is 2.16 bits per heavy atom. The van der Waals surface area contributed by atoms with Crippen molar-refractivity contribution in [2.75, 3.05) is 20.3 Å². The molecule has 2 rings (SSSR count). The van der Waals surface area contributed by atoms with Crippen LogP contribution < -0.4 is 5.32 Å². The Bertz CT molecular complexity index is 394. The van der Waals surface area contributed by atoms with E-state index in [1.165, 1.54) is 30.6 Å². The molecule has 4 heteroatoms. The van der Waals surface area contributed by atoms with Crippen molar-refractivity contribution in [1.82, 2.24) is 5.32 Å². The fraction of sp³-hybridized carbons (Fsp3) is 0.600. The molecule has 19 heavy (non-hydrogen) atoms. The number of ether oxygens (including phenoxy) is 1. The highest BCUT2D eigenvalue weighted by molar-refractivity contribution is 8.00. The van der Waals surface area contributed by atoms with Crippen LogP contribution in [0.1, 0.15) is 31.2 Å². The Balaban J connectivity index is 1.85. The molecule has 0 spiro atoms. The summed E-state index contributed by atoms with van der Waals surface area (Å²) in [5.41, 5.74) is 1.16. The van der Waals surface area contributed by atoms with Crippen molar-refractivity contribution in [2.45, 2.75) is 42.4 Å². The van der Waals surface area contributed by atoms with Gasteiger partial charge in [0.25, 0.3) is 0 Å². The first-order chi connectivity index (χ1) is 9.29. The summed E-state index contributed by atoms with van der Waals surface area (Å²) in [6.07, 6.45) is 5.46. The summed E-state index contributed by atoms with van der Waals surface area (Å²) >= 11 is 8.32. The smallest absolute Gasteiger partial charge is 0.0587 e. The summed E-state index contributed by atoms with van der Waals surface area (Å²) in [7, 11) is 1.71. The Hall–Kier alpha value is -0.220. The highest BCUT2D eigenvalue weighted by atomic mass is 35.5. The van der Waals surface area contributed by atoms with Crippen LogP contribution >= 0.6 is 23.4 Å². The Morgan fingerprint density at radius 1 is 1.37 bits per heavy atom. The minimum absolute atomic E-state index is 0.729. The molecule has 0 amide bonds. The van der Waals surface area contributed by atoms with Gasteiger partial charge in [0.05, 0.1) is 6.61 Å². The van der Waals surface area contributed by atoms with E-state index in [0.29, 0.717) is 0 Å². The molecule has 2 nitrogen and oxygen atoms in total. The first kappa shape index (κ1) is 15.2. The molecular formula is C15H22ClNOS. The van der Waals surface area contributed by atoms with Crippen LogP contribution in [0.25, 0.3) is 0 Å². The number of hydrogen-bond donors (Lipinski definition) is 1. The maximum Gasteiger partial charge on any atom is 0.0587 e. The average Bonchev–Trinajstić information content (AvgIpc) is 2.90. The van der Waals surface area contributed by atoms with E-state index >= 15 is 0 Å². The highest BCUT2D eigenvalue weighted by Crippen LogP contribution is 2.36. The maximum absolute atomic E-state index is 6.34. The van der Waals surface area contributed by atoms with Gasteiger partial charge in [-0.05, 0) is 30.5 Å². The molecule has 1 aromatic rings. The van der Waals surface area contributed by atoms with E-state index in [2.05, 4.69) is 23.5 Å². The van der Waals surface area contributed by atoms with Crippen molar-refractivity contribution >= 4 is 23.4 Å². The molecule has 0 unspecified atom stereocenters. The number of rotatable bonds is 7. The molecule has 1 N–H and O–H groups in total. The van der Waals surface area contributed by atoms with Crippen LogP contribution in [-0.4, -0.2) is 25.5 Å². The van der Waals surface area contributed by atoms with Gasteiger partial charge < -0.3 is 10.1 Å². The van der Waals surface area contributed by atoms with E-state index in [1.54, 1.807) is 7.11 Å². The van der Waals surface area contributed by atoms with Crippen molar-refractivity contribution in [2.24, 2.45) is 0 Å². The van der Waals surface area contributed by atoms with Crippen LogP contribution in [0.5, 0.6) is 0 Å². The number of methoxy groups -OCH3 is 1. The first-order valence-corrected chi connectivity index (χ1v) is 8.20. The molecule has 0 saturated heterocycles. The zero-order valence-electron chi connectivity index (χ0n) is 11.5. The van der Waals surface area contributed by atoms with Crippen LogP contribution in [0.3, 0.4) is 0 Å². The Kier molecular flexibility index (Phi) is 6.51. The minimum atomic E-state index is 0.729. The third-order valence-electron chi connectivity index (χ3n) is 3.43. The molecule has 1 fully saturated rings. The van der Waals surface area contributed by atoms with E-state index in [-0.39, 0.29) is 0 Å². The van der Waals surface area contributed by atoms with E-state index in [9.17, 15) is 0 Å². The molecule has 0 radical (unpaired) electrons. The van der Waals surface area contributed by atoms with Crippen molar-refractivity contribution in [3.8, 4) is 0 Å².